The zero-order valence-corrected chi connectivity index (χ0v) is 6.27. The van der Waals surface area contributed by atoms with Crippen LogP contribution in [-0.4, -0.2) is 4.98 Å². The van der Waals surface area contributed by atoms with E-state index in [2.05, 4.69) is 4.98 Å². The van der Waals surface area contributed by atoms with Gasteiger partial charge in [0.05, 0.1) is 0 Å². The maximum atomic E-state index is 7.05. The highest BCUT2D eigenvalue weighted by molar-refractivity contribution is 7.14. The second kappa shape index (κ2) is 2.45. The van der Waals surface area contributed by atoms with E-state index in [-0.39, 0.29) is 5.13 Å². The molecule has 1 aromatic rings. The average Bonchev–Trinajstić information content (AvgIpc) is 2.30. The molecule has 0 saturated carbocycles. The molecule has 0 unspecified atom stereocenters. The third-order valence-electron chi connectivity index (χ3n) is 1.08. The topological polar surface area (TPSA) is 40.5 Å². The molecule has 0 amide bonds. The van der Waals surface area contributed by atoms with Crippen molar-refractivity contribution in [1.82, 2.24) is 4.98 Å². The molecule has 2 nitrogen and oxygen atoms in total. The first-order valence-corrected chi connectivity index (χ1v) is 3.66. The van der Waals surface area contributed by atoms with Crippen LogP contribution in [0.3, 0.4) is 0 Å². The van der Waals surface area contributed by atoms with Crippen molar-refractivity contribution in [1.29, 1.82) is 0 Å². The molecule has 50 valence electrons. The highest BCUT2D eigenvalue weighted by atomic mass is 32.1. The second-order valence-electron chi connectivity index (χ2n) is 2.20. The van der Waals surface area contributed by atoms with Gasteiger partial charge in [0.25, 0.3) is 5.13 Å². The zero-order chi connectivity index (χ0) is 9.35. The summed E-state index contributed by atoms with van der Waals surface area (Å²) < 4.78 is 21.1. The van der Waals surface area contributed by atoms with Crippen LogP contribution >= 0.6 is 11.3 Å². The van der Waals surface area contributed by atoms with Gasteiger partial charge in [0.2, 0.25) is 0 Å². The van der Waals surface area contributed by atoms with Crippen LogP contribution in [0.25, 0.3) is 0 Å². The first kappa shape index (κ1) is 3.68. The van der Waals surface area contributed by atoms with Gasteiger partial charge in [-0.1, -0.05) is 25.2 Å². The number of hydrogen-bond acceptors (Lipinski definition) is 2. The number of rotatable bonds is 2. The molecular weight excluding hydrogens is 132 g/mol. The van der Waals surface area contributed by atoms with Gasteiger partial charge in [0, 0.05) is 11.1 Å². The summed E-state index contributed by atoms with van der Waals surface area (Å²) in [5.41, 5.74) is -1.43. The molecule has 0 aliphatic heterocycles. The molecule has 9 heavy (non-hydrogen) atoms. The number of aromatic nitrogens is 1. The predicted molar refractivity (Wildman–Crippen MR) is 38.8 cm³/mol. The Kier molecular flexibility index (Phi) is 1.00. The first-order valence-electron chi connectivity index (χ1n) is 4.19. The van der Waals surface area contributed by atoms with Crippen LogP contribution in [0, 0.1) is 0 Å². The molecule has 0 saturated heterocycles. The van der Waals surface area contributed by atoms with Gasteiger partial charge in [-0.2, -0.15) is 4.98 Å². The van der Waals surface area contributed by atoms with Crippen molar-refractivity contribution in [3.05, 3.63) is 11.1 Å². The Balaban J connectivity index is 2.92. The molecule has 1 aromatic heterocycles. The van der Waals surface area contributed by atoms with Gasteiger partial charge in [-0.25, -0.2) is 0 Å². The van der Waals surface area contributed by atoms with Gasteiger partial charge < -0.3 is 0 Å². The molecule has 0 aromatic carbocycles. The third kappa shape index (κ3) is 1.50. The number of hydrogen-bond donors (Lipinski definition) is 1. The molecular formula is C6H11N2S+. The highest BCUT2D eigenvalue weighted by Crippen LogP contribution is 2.21. The molecule has 3 N–H and O–H groups in total. The molecule has 0 atom stereocenters. The lowest BCUT2D eigenvalue weighted by Crippen LogP contribution is -2.39. The standard InChI is InChI=1S/C6H10N2S/c1-4(2)5-3-8-6(7)9-5/h3-4H,1-2H3,(H2,7,8)/p+1/i/hT3. The van der Waals surface area contributed by atoms with Gasteiger partial charge >= 0.3 is 4.24 Å². The molecule has 0 spiro atoms. The lowest BCUT2D eigenvalue weighted by atomic mass is 10.2. The molecule has 0 bridgehead atoms. The summed E-state index contributed by atoms with van der Waals surface area (Å²) in [5.74, 6) is 0.350. The fraction of sp³-hybridized carbons (Fsp3) is 0.500. The van der Waals surface area contributed by atoms with Crippen LogP contribution < -0.4 is 5.71 Å². The van der Waals surface area contributed by atoms with E-state index < -0.39 is 5.71 Å². The van der Waals surface area contributed by atoms with Crippen LogP contribution in [0.4, 0.5) is 5.13 Å². The third-order valence-corrected chi connectivity index (χ3v) is 2.18. The Morgan fingerprint density at radius 3 is 3.00 bits per heavy atom. The molecule has 3 heteroatoms. The minimum atomic E-state index is -1.43. The van der Waals surface area contributed by atoms with Gasteiger partial charge in [-0.3, -0.25) is 5.71 Å². The normalized spacial score (nSPS) is 17.0. The minimum Gasteiger partial charge on any atom is -0.299 e. The molecule has 0 radical (unpaired) electrons. The fourth-order valence-electron chi connectivity index (χ4n) is 0.544. The summed E-state index contributed by atoms with van der Waals surface area (Å²) in [5, 5.41) is 0.179. The van der Waals surface area contributed by atoms with Crippen LogP contribution in [-0.2, 0) is 0 Å². The zero-order valence-electron chi connectivity index (χ0n) is 8.46. The molecule has 0 fully saturated rings. The SMILES string of the molecule is [3H][N+]([3H])([3H])c1ncc(C(C)C)s1. The predicted octanol–water partition coefficient (Wildman–Crippen LogP) is 1.14. The van der Waals surface area contributed by atoms with Crippen molar-refractivity contribution in [2.75, 3.05) is 0 Å². The van der Waals surface area contributed by atoms with E-state index in [9.17, 15) is 0 Å². The monoisotopic (exact) mass is 149 g/mol. The Bertz CT molecular complexity index is 266. The average molecular weight is 149 g/mol. The maximum Gasteiger partial charge on any atom is 0.352 e. The minimum absolute atomic E-state index is 0.179. The van der Waals surface area contributed by atoms with E-state index in [1.807, 2.05) is 13.8 Å². The highest BCUT2D eigenvalue weighted by Gasteiger charge is 2.03. The lowest BCUT2D eigenvalue weighted by Gasteiger charge is -1.93. The van der Waals surface area contributed by atoms with Gasteiger partial charge in [-0.15, -0.1) is 0 Å². The van der Waals surface area contributed by atoms with Crippen LogP contribution in [0.5, 0.6) is 0 Å². The van der Waals surface area contributed by atoms with E-state index in [0.717, 1.165) is 4.88 Å². The number of thiazole rings is 1. The van der Waals surface area contributed by atoms with Crippen molar-refractivity contribution in [2.24, 2.45) is 0 Å². The summed E-state index contributed by atoms with van der Waals surface area (Å²) in [6.45, 7) is 4.04. The Hall–Kier alpha value is -0.410. The van der Waals surface area contributed by atoms with Crippen molar-refractivity contribution in [2.45, 2.75) is 19.8 Å². The Morgan fingerprint density at radius 1 is 1.89 bits per heavy atom. The van der Waals surface area contributed by atoms with Crippen LogP contribution in [0.15, 0.2) is 6.20 Å². The smallest absolute Gasteiger partial charge is 0.299 e. The van der Waals surface area contributed by atoms with Crippen LogP contribution in [0.1, 0.15) is 24.6 Å². The summed E-state index contributed by atoms with van der Waals surface area (Å²) in [4.78, 5) is 4.85. The lowest BCUT2D eigenvalue weighted by molar-refractivity contribution is -0.254. The van der Waals surface area contributed by atoms with E-state index in [1.165, 1.54) is 11.3 Å². The van der Waals surface area contributed by atoms with E-state index in [1.54, 1.807) is 6.20 Å². The Labute approximate surface area is 63.1 Å². The first-order chi connectivity index (χ1) is 5.41. The van der Waals surface area contributed by atoms with Crippen molar-refractivity contribution in [3.8, 4) is 0 Å². The van der Waals surface area contributed by atoms with E-state index in [0.29, 0.717) is 5.92 Å². The Morgan fingerprint density at radius 2 is 2.67 bits per heavy atom. The van der Waals surface area contributed by atoms with Gasteiger partial charge in [0.1, 0.15) is 0 Å². The van der Waals surface area contributed by atoms with Crippen molar-refractivity contribution >= 4 is 16.5 Å². The molecule has 1 heterocycles. The summed E-state index contributed by atoms with van der Waals surface area (Å²) in [7, 11) is 0. The maximum absolute atomic E-state index is 7.05. The summed E-state index contributed by atoms with van der Waals surface area (Å²) in [6.07, 6.45) is 1.63. The number of nitrogens with zero attached hydrogens (tertiary/aromatic N) is 1. The van der Waals surface area contributed by atoms with Gasteiger partial charge in [0.15, 0.2) is 0 Å². The molecule has 0 aliphatic rings. The van der Waals surface area contributed by atoms with Gasteiger partial charge in [-0.05, 0) is 5.92 Å². The van der Waals surface area contributed by atoms with Crippen molar-refractivity contribution in [3.63, 3.8) is 0 Å². The molecule has 0 aliphatic carbocycles. The quantitative estimate of drug-likeness (QED) is 0.673. The summed E-state index contributed by atoms with van der Waals surface area (Å²) in [6, 6.07) is 0. The fourth-order valence-corrected chi connectivity index (χ4v) is 1.20. The van der Waals surface area contributed by atoms with E-state index >= 15 is 0 Å². The largest absolute Gasteiger partial charge is 0.352 e. The summed E-state index contributed by atoms with van der Waals surface area (Å²) >= 11 is 1.25. The number of quaternary nitrogens is 1. The second-order valence-corrected chi connectivity index (χ2v) is 3.24. The molecule has 1 rings (SSSR count). The van der Waals surface area contributed by atoms with Crippen LogP contribution in [0.2, 0.25) is 4.24 Å². The van der Waals surface area contributed by atoms with E-state index in [4.69, 9.17) is 4.24 Å². The van der Waals surface area contributed by atoms with Crippen molar-refractivity contribution < 1.29 is 9.95 Å².